The zero-order valence-corrected chi connectivity index (χ0v) is 7.52. The summed E-state index contributed by atoms with van der Waals surface area (Å²) in [4.78, 5) is 15.1. The van der Waals surface area contributed by atoms with Crippen LogP contribution in [-0.2, 0) is 0 Å². The number of ether oxygens (including phenoxy) is 1. The third-order valence-corrected chi connectivity index (χ3v) is 1.61. The molecule has 0 aliphatic heterocycles. The van der Waals surface area contributed by atoms with Crippen LogP contribution in [0.3, 0.4) is 0 Å². The number of hydrogen-bond acceptors (Lipinski definition) is 4. The molecule has 1 N–H and O–H groups in total. The van der Waals surface area contributed by atoms with Crippen molar-refractivity contribution in [1.29, 1.82) is 0 Å². The van der Waals surface area contributed by atoms with E-state index in [0.29, 0.717) is 11.3 Å². The fourth-order valence-electron chi connectivity index (χ4n) is 0.906. The van der Waals surface area contributed by atoms with Crippen molar-refractivity contribution >= 4 is 5.78 Å². The Morgan fingerprint density at radius 1 is 1.62 bits per heavy atom. The highest BCUT2D eigenvalue weighted by molar-refractivity contribution is 5.99. The Bertz CT molecular complexity index is 309. The molecule has 0 aliphatic rings. The highest BCUT2D eigenvalue weighted by atomic mass is 16.5. The van der Waals surface area contributed by atoms with Crippen molar-refractivity contribution in [3.05, 3.63) is 24.0 Å². The molecule has 0 aromatic carbocycles. The van der Waals surface area contributed by atoms with Crippen molar-refractivity contribution < 1.29 is 14.6 Å². The molecule has 0 spiro atoms. The first kappa shape index (κ1) is 9.67. The first-order valence-corrected chi connectivity index (χ1v) is 3.86. The summed E-state index contributed by atoms with van der Waals surface area (Å²) >= 11 is 0. The van der Waals surface area contributed by atoms with Crippen molar-refractivity contribution in [2.75, 3.05) is 7.11 Å². The summed E-state index contributed by atoms with van der Waals surface area (Å²) in [6, 6.07) is 1.54. The minimum atomic E-state index is -1.01. The van der Waals surface area contributed by atoms with Gasteiger partial charge in [0.15, 0.2) is 5.78 Å². The highest BCUT2D eigenvalue weighted by Crippen LogP contribution is 2.11. The van der Waals surface area contributed by atoms with Gasteiger partial charge in [0.1, 0.15) is 11.9 Å². The minimum absolute atomic E-state index is 0.355. The number of rotatable bonds is 3. The Morgan fingerprint density at radius 2 is 2.31 bits per heavy atom. The van der Waals surface area contributed by atoms with Crippen molar-refractivity contribution in [1.82, 2.24) is 4.98 Å². The summed E-state index contributed by atoms with van der Waals surface area (Å²) in [6.07, 6.45) is 1.89. The number of aliphatic hydroxyl groups excluding tert-OH is 1. The van der Waals surface area contributed by atoms with E-state index >= 15 is 0 Å². The molecule has 1 atom stereocenters. The average Bonchev–Trinajstić information content (AvgIpc) is 2.16. The Balaban J connectivity index is 2.95. The lowest BCUT2D eigenvalue weighted by Gasteiger charge is -2.04. The summed E-state index contributed by atoms with van der Waals surface area (Å²) < 4.78 is 4.89. The zero-order chi connectivity index (χ0) is 9.84. The number of aliphatic hydroxyl groups is 1. The Morgan fingerprint density at radius 3 is 2.85 bits per heavy atom. The van der Waals surface area contributed by atoms with Gasteiger partial charge in [-0.1, -0.05) is 0 Å². The third kappa shape index (κ3) is 2.26. The average molecular weight is 181 g/mol. The molecule has 0 radical (unpaired) electrons. The molecule has 1 rings (SSSR count). The minimum Gasteiger partial charge on any atom is -0.495 e. The first-order chi connectivity index (χ1) is 6.15. The summed E-state index contributed by atoms with van der Waals surface area (Å²) in [6.45, 7) is 1.42. The van der Waals surface area contributed by atoms with E-state index < -0.39 is 6.10 Å². The predicted octanol–water partition coefficient (Wildman–Crippen LogP) is 0.654. The van der Waals surface area contributed by atoms with Gasteiger partial charge in [0.2, 0.25) is 0 Å². The van der Waals surface area contributed by atoms with Crippen LogP contribution in [0.1, 0.15) is 17.3 Å². The molecule has 0 bridgehead atoms. The molecular formula is C9H11NO3. The number of methoxy groups -OCH3 is 1. The predicted molar refractivity (Wildman–Crippen MR) is 46.8 cm³/mol. The van der Waals surface area contributed by atoms with Gasteiger partial charge in [-0.05, 0) is 13.0 Å². The van der Waals surface area contributed by atoms with Gasteiger partial charge in [-0.2, -0.15) is 0 Å². The topological polar surface area (TPSA) is 59.4 Å². The number of pyridine rings is 1. The Labute approximate surface area is 76.2 Å². The van der Waals surface area contributed by atoms with Crippen LogP contribution in [0.4, 0.5) is 0 Å². The molecule has 4 nitrogen and oxygen atoms in total. The van der Waals surface area contributed by atoms with E-state index in [-0.39, 0.29) is 5.78 Å². The number of aromatic nitrogens is 1. The zero-order valence-electron chi connectivity index (χ0n) is 7.52. The fourth-order valence-corrected chi connectivity index (χ4v) is 0.906. The van der Waals surface area contributed by atoms with Gasteiger partial charge in [-0.25, -0.2) is 0 Å². The van der Waals surface area contributed by atoms with Crippen LogP contribution < -0.4 is 4.74 Å². The lowest BCUT2D eigenvalue weighted by atomic mass is 10.1. The van der Waals surface area contributed by atoms with E-state index in [2.05, 4.69) is 4.98 Å². The Kier molecular flexibility index (Phi) is 2.97. The van der Waals surface area contributed by atoms with Gasteiger partial charge in [-0.15, -0.1) is 0 Å². The summed E-state index contributed by atoms with van der Waals surface area (Å²) in [5.74, 6) is 0.151. The molecular weight excluding hydrogens is 170 g/mol. The maximum atomic E-state index is 11.3. The van der Waals surface area contributed by atoms with E-state index in [1.807, 2.05) is 0 Å². The van der Waals surface area contributed by atoms with Gasteiger partial charge < -0.3 is 9.84 Å². The smallest absolute Gasteiger partial charge is 0.192 e. The standard InChI is InChI=1S/C9H11NO3/c1-6(11)9(12)7-3-8(13-2)5-10-4-7/h3-6,11H,1-2H3. The van der Waals surface area contributed by atoms with Crippen molar-refractivity contribution in [2.24, 2.45) is 0 Å². The normalized spacial score (nSPS) is 12.2. The van der Waals surface area contributed by atoms with E-state index in [9.17, 15) is 4.79 Å². The maximum absolute atomic E-state index is 11.3. The van der Waals surface area contributed by atoms with Crippen molar-refractivity contribution in [3.8, 4) is 5.75 Å². The summed E-state index contributed by atoms with van der Waals surface area (Å²) in [7, 11) is 1.49. The molecule has 0 aliphatic carbocycles. The van der Waals surface area contributed by atoms with Crippen LogP contribution in [0.25, 0.3) is 0 Å². The van der Waals surface area contributed by atoms with Gasteiger partial charge in [0.25, 0.3) is 0 Å². The largest absolute Gasteiger partial charge is 0.495 e. The van der Waals surface area contributed by atoms with Crippen LogP contribution in [0.5, 0.6) is 5.75 Å². The van der Waals surface area contributed by atoms with Crippen LogP contribution in [0, 0.1) is 0 Å². The molecule has 1 aromatic heterocycles. The van der Waals surface area contributed by atoms with E-state index in [1.54, 1.807) is 6.07 Å². The van der Waals surface area contributed by atoms with Gasteiger partial charge >= 0.3 is 0 Å². The lowest BCUT2D eigenvalue weighted by Crippen LogP contribution is -2.16. The number of carbonyl (C=O) groups is 1. The molecule has 13 heavy (non-hydrogen) atoms. The second-order valence-electron chi connectivity index (χ2n) is 2.65. The fraction of sp³-hybridized carbons (Fsp3) is 0.333. The first-order valence-electron chi connectivity index (χ1n) is 3.86. The maximum Gasteiger partial charge on any atom is 0.192 e. The molecule has 4 heteroatoms. The van der Waals surface area contributed by atoms with Gasteiger partial charge in [0.05, 0.1) is 13.3 Å². The Hall–Kier alpha value is -1.42. The van der Waals surface area contributed by atoms with E-state index in [0.717, 1.165) is 0 Å². The quantitative estimate of drug-likeness (QED) is 0.695. The number of Topliss-reactive ketones (excluding diaryl/α,β-unsaturated/α-hetero) is 1. The van der Waals surface area contributed by atoms with Crippen LogP contribution in [0.2, 0.25) is 0 Å². The number of hydrogen-bond donors (Lipinski definition) is 1. The summed E-state index contributed by atoms with van der Waals surface area (Å²) in [5.41, 5.74) is 0.356. The molecule has 1 heterocycles. The molecule has 0 fully saturated rings. The second kappa shape index (κ2) is 4.00. The van der Waals surface area contributed by atoms with Crippen molar-refractivity contribution in [3.63, 3.8) is 0 Å². The molecule has 0 saturated heterocycles. The second-order valence-corrected chi connectivity index (χ2v) is 2.65. The molecule has 1 aromatic rings. The third-order valence-electron chi connectivity index (χ3n) is 1.61. The lowest BCUT2D eigenvalue weighted by molar-refractivity contribution is 0.0779. The number of carbonyl (C=O) groups excluding carboxylic acids is 1. The van der Waals surface area contributed by atoms with Gasteiger partial charge in [-0.3, -0.25) is 9.78 Å². The highest BCUT2D eigenvalue weighted by Gasteiger charge is 2.12. The molecule has 70 valence electrons. The van der Waals surface area contributed by atoms with Crippen LogP contribution >= 0.6 is 0 Å². The number of ketones is 1. The molecule has 1 unspecified atom stereocenters. The van der Waals surface area contributed by atoms with E-state index in [4.69, 9.17) is 9.84 Å². The molecule has 0 saturated carbocycles. The SMILES string of the molecule is COc1cncc(C(=O)C(C)O)c1. The van der Waals surface area contributed by atoms with Crippen LogP contribution in [0.15, 0.2) is 18.5 Å². The van der Waals surface area contributed by atoms with Gasteiger partial charge in [0, 0.05) is 11.8 Å². The van der Waals surface area contributed by atoms with Crippen molar-refractivity contribution in [2.45, 2.75) is 13.0 Å². The van der Waals surface area contributed by atoms with E-state index in [1.165, 1.54) is 26.4 Å². The molecule has 0 amide bonds. The number of nitrogens with zero attached hydrogens (tertiary/aromatic N) is 1. The summed E-state index contributed by atoms with van der Waals surface area (Å²) in [5, 5.41) is 9.02. The monoisotopic (exact) mass is 181 g/mol. The van der Waals surface area contributed by atoms with Crippen LogP contribution in [-0.4, -0.2) is 29.1 Å².